The van der Waals surface area contributed by atoms with Gasteiger partial charge in [0, 0.05) is 0 Å². The number of carboxylic acid groups (broad SMARTS) is 1. The summed E-state index contributed by atoms with van der Waals surface area (Å²) < 4.78 is -0.323. The summed E-state index contributed by atoms with van der Waals surface area (Å²) in [5.74, 6) is -0.883. The maximum atomic E-state index is 10.7. The first-order chi connectivity index (χ1) is 5.92. The summed E-state index contributed by atoms with van der Waals surface area (Å²) in [6.07, 6.45) is 0. The van der Waals surface area contributed by atoms with Gasteiger partial charge in [-0.3, -0.25) is 4.79 Å². The Morgan fingerprint density at radius 2 is 2.23 bits per heavy atom. The van der Waals surface area contributed by atoms with E-state index < -0.39 is 10.7 Å². The zero-order chi connectivity index (χ0) is 10.1. The summed E-state index contributed by atoms with van der Waals surface area (Å²) in [7, 11) is 0. The molecule has 1 aromatic heterocycles. The Balaban J connectivity index is 2.74. The molecule has 0 radical (unpaired) electrons. The topological polar surface area (TPSA) is 89.1 Å². The minimum absolute atomic E-state index is 0.351. The van der Waals surface area contributed by atoms with Crippen molar-refractivity contribution in [3.8, 4) is 0 Å². The van der Waals surface area contributed by atoms with E-state index in [1.807, 2.05) is 0 Å². The number of rotatable bonds is 3. The van der Waals surface area contributed by atoms with E-state index in [1.165, 1.54) is 11.3 Å². The molecule has 0 atom stereocenters. The minimum Gasteiger partial charge on any atom is -0.480 e. The molecule has 0 amide bonds. The third-order valence-electron chi connectivity index (χ3n) is 1.28. The first kappa shape index (κ1) is 10.3. The Morgan fingerprint density at radius 3 is 2.62 bits per heavy atom. The maximum absolute atomic E-state index is 10.7. The lowest BCUT2D eigenvalue weighted by Crippen LogP contribution is -2.26. The van der Waals surface area contributed by atoms with Gasteiger partial charge in [0.05, 0.1) is 0 Å². The lowest BCUT2D eigenvalue weighted by molar-refractivity contribution is -0.138. The fourth-order valence-electron chi connectivity index (χ4n) is 0.524. The largest absolute Gasteiger partial charge is 0.480 e. The van der Waals surface area contributed by atoms with Crippen molar-refractivity contribution in [2.24, 2.45) is 0 Å². The predicted octanol–water partition coefficient (Wildman–Crippen LogP) is 1.08. The van der Waals surface area contributed by atoms with Crippen molar-refractivity contribution < 1.29 is 9.90 Å². The second kappa shape index (κ2) is 3.51. The number of thioether (sulfide) groups is 1. The molecule has 0 aliphatic heterocycles. The second-order valence-corrected chi connectivity index (χ2v) is 5.70. The van der Waals surface area contributed by atoms with Gasteiger partial charge in [-0.2, -0.15) is 0 Å². The number of nitrogens with two attached hydrogens (primary N) is 1. The van der Waals surface area contributed by atoms with Crippen LogP contribution in [0.25, 0.3) is 0 Å². The van der Waals surface area contributed by atoms with Gasteiger partial charge < -0.3 is 10.8 Å². The van der Waals surface area contributed by atoms with Crippen molar-refractivity contribution in [1.82, 2.24) is 10.2 Å². The van der Waals surface area contributed by atoms with Gasteiger partial charge in [-0.1, -0.05) is 23.1 Å². The minimum atomic E-state index is -0.897. The van der Waals surface area contributed by atoms with Crippen molar-refractivity contribution in [2.75, 3.05) is 5.73 Å². The molecule has 0 saturated heterocycles. The van der Waals surface area contributed by atoms with Crippen LogP contribution in [0.1, 0.15) is 13.8 Å². The van der Waals surface area contributed by atoms with Crippen LogP contribution in [0.15, 0.2) is 4.34 Å². The highest BCUT2D eigenvalue weighted by atomic mass is 32.2. The number of nitrogens with zero attached hydrogens (tertiary/aromatic N) is 2. The van der Waals surface area contributed by atoms with Gasteiger partial charge in [-0.15, -0.1) is 10.2 Å². The van der Waals surface area contributed by atoms with E-state index in [0.29, 0.717) is 9.47 Å². The molecule has 0 aliphatic rings. The molecule has 5 nitrogen and oxygen atoms in total. The summed E-state index contributed by atoms with van der Waals surface area (Å²) in [6, 6.07) is 0. The average molecular weight is 219 g/mol. The summed E-state index contributed by atoms with van der Waals surface area (Å²) in [5.41, 5.74) is 5.36. The van der Waals surface area contributed by atoms with Gasteiger partial charge >= 0.3 is 5.97 Å². The Labute approximate surface area is 83.4 Å². The molecule has 13 heavy (non-hydrogen) atoms. The average Bonchev–Trinajstić information content (AvgIpc) is 2.34. The van der Waals surface area contributed by atoms with Crippen molar-refractivity contribution in [1.29, 1.82) is 0 Å². The standard InChI is InChI=1S/C6H9N3O2S2/c1-6(2,3(10)11)13-5-9-8-4(7)12-5/h1-2H3,(H2,7,8)(H,10,11). The number of carboxylic acids is 1. The fourth-order valence-corrected chi connectivity index (χ4v) is 2.52. The highest BCUT2D eigenvalue weighted by molar-refractivity contribution is 8.03. The molecule has 0 aliphatic carbocycles. The number of hydrogen-bond donors (Lipinski definition) is 2. The van der Waals surface area contributed by atoms with Crippen molar-refractivity contribution in [3.05, 3.63) is 0 Å². The molecule has 0 saturated carbocycles. The van der Waals surface area contributed by atoms with E-state index in [1.54, 1.807) is 13.8 Å². The zero-order valence-electron chi connectivity index (χ0n) is 7.14. The van der Waals surface area contributed by atoms with E-state index in [-0.39, 0.29) is 0 Å². The quantitative estimate of drug-likeness (QED) is 0.739. The van der Waals surface area contributed by atoms with Gasteiger partial charge in [0.1, 0.15) is 4.75 Å². The highest BCUT2D eigenvalue weighted by Gasteiger charge is 2.30. The smallest absolute Gasteiger partial charge is 0.319 e. The van der Waals surface area contributed by atoms with E-state index in [0.717, 1.165) is 11.8 Å². The molecule has 1 heterocycles. The third kappa shape index (κ3) is 2.56. The summed E-state index contributed by atoms with van der Waals surface area (Å²) >= 11 is 2.33. The molecular formula is C6H9N3O2S2. The number of aromatic nitrogens is 2. The van der Waals surface area contributed by atoms with Crippen LogP contribution in [0.3, 0.4) is 0 Å². The van der Waals surface area contributed by atoms with Gasteiger partial charge in [0.15, 0.2) is 4.34 Å². The van der Waals surface area contributed by atoms with Crippen LogP contribution in [0, 0.1) is 0 Å². The van der Waals surface area contributed by atoms with Crippen LogP contribution in [-0.2, 0) is 4.79 Å². The number of carbonyl (C=O) groups is 1. The SMILES string of the molecule is CC(C)(Sc1nnc(N)s1)C(=O)O. The second-order valence-electron chi connectivity index (χ2n) is 2.82. The molecule has 1 rings (SSSR count). The number of aliphatic carboxylic acids is 1. The normalized spacial score (nSPS) is 11.5. The summed E-state index contributed by atoms with van der Waals surface area (Å²) in [6.45, 7) is 3.22. The van der Waals surface area contributed by atoms with Gasteiger partial charge in [-0.25, -0.2) is 0 Å². The first-order valence-corrected chi connectivity index (χ1v) is 5.06. The van der Waals surface area contributed by atoms with Crippen molar-refractivity contribution in [2.45, 2.75) is 22.9 Å². The van der Waals surface area contributed by atoms with E-state index in [9.17, 15) is 4.79 Å². The van der Waals surface area contributed by atoms with Crippen LogP contribution in [-0.4, -0.2) is 26.0 Å². The molecular weight excluding hydrogens is 210 g/mol. The molecule has 0 aromatic carbocycles. The molecule has 0 fully saturated rings. The fraction of sp³-hybridized carbons (Fsp3) is 0.500. The Kier molecular flexibility index (Phi) is 2.77. The lowest BCUT2D eigenvalue weighted by Gasteiger charge is -2.15. The van der Waals surface area contributed by atoms with E-state index in [4.69, 9.17) is 10.8 Å². The molecule has 7 heteroatoms. The molecule has 1 aromatic rings. The Bertz CT molecular complexity index is 323. The van der Waals surface area contributed by atoms with Crippen molar-refractivity contribution in [3.63, 3.8) is 0 Å². The van der Waals surface area contributed by atoms with Gasteiger partial charge in [-0.05, 0) is 13.8 Å². The van der Waals surface area contributed by atoms with E-state index in [2.05, 4.69) is 10.2 Å². The molecule has 0 spiro atoms. The van der Waals surface area contributed by atoms with Crippen LogP contribution < -0.4 is 5.73 Å². The van der Waals surface area contributed by atoms with Crippen LogP contribution in [0.2, 0.25) is 0 Å². The number of anilines is 1. The maximum Gasteiger partial charge on any atom is 0.319 e. The Morgan fingerprint density at radius 1 is 1.62 bits per heavy atom. The number of nitrogen functional groups attached to an aromatic ring is 1. The summed E-state index contributed by atoms with van der Waals surface area (Å²) in [4.78, 5) is 10.7. The number of hydrogen-bond acceptors (Lipinski definition) is 6. The Hall–Kier alpha value is -0.820. The molecule has 3 N–H and O–H groups in total. The molecule has 72 valence electrons. The molecule has 0 unspecified atom stereocenters. The van der Waals surface area contributed by atoms with Crippen molar-refractivity contribution >= 4 is 34.2 Å². The predicted molar refractivity (Wildman–Crippen MR) is 51.9 cm³/mol. The lowest BCUT2D eigenvalue weighted by atomic mass is 10.2. The zero-order valence-corrected chi connectivity index (χ0v) is 8.78. The molecule has 0 bridgehead atoms. The third-order valence-corrected chi connectivity index (χ3v) is 3.27. The van der Waals surface area contributed by atoms with Crippen LogP contribution >= 0.6 is 23.1 Å². The summed E-state index contributed by atoms with van der Waals surface area (Å²) in [5, 5.41) is 16.5. The van der Waals surface area contributed by atoms with Gasteiger partial charge in [0.25, 0.3) is 0 Å². The van der Waals surface area contributed by atoms with Crippen LogP contribution in [0.4, 0.5) is 5.13 Å². The van der Waals surface area contributed by atoms with Crippen LogP contribution in [0.5, 0.6) is 0 Å². The highest BCUT2D eigenvalue weighted by Crippen LogP contribution is 2.34. The first-order valence-electron chi connectivity index (χ1n) is 3.43. The van der Waals surface area contributed by atoms with E-state index >= 15 is 0 Å². The monoisotopic (exact) mass is 219 g/mol. The van der Waals surface area contributed by atoms with Gasteiger partial charge in [0.2, 0.25) is 5.13 Å².